The zero-order chi connectivity index (χ0) is 13.4. The van der Waals surface area contributed by atoms with Crippen molar-refractivity contribution in [1.29, 1.82) is 0 Å². The third-order valence-electron chi connectivity index (χ3n) is 4.57. The van der Waals surface area contributed by atoms with Crippen LogP contribution in [0, 0.1) is 23.7 Å². The average Bonchev–Trinajstić information content (AvgIpc) is 2.34. The fourth-order valence-electron chi connectivity index (χ4n) is 3.15. The molecule has 1 saturated carbocycles. The lowest BCUT2D eigenvalue weighted by Gasteiger charge is -2.26. The van der Waals surface area contributed by atoms with Crippen LogP contribution in [0.2, 0.25) is 0 Å². The van der Waals surface area contributed by atoms with E-state index in [1.54, 1.807) is 0 Å². The van der Waals surface area contributed by atoms with Crippen molar-refractivity contribution in [2.75, 3.05) is 13.1 Å². The molecule has 0 bridgehead atoms. The van der Waals surface area contributed by atoms with Crippen molar-refractivity contribution in [3.8, 4) is 0 Å². The summed E-state index contributed by atoms with van der Waals surface area (Å²) in [6, 6.07) is 0. The Hall–Kier alpha value is -0.0400. The Morgan fingerprint density at radius 3 is 2.17 bits per heavy atom. The van der Waals surface area contributed by atoms with Gasteiger partial charge in [-0.3, -0.25) is 0 Å². The highest BCUT2D eigenvalue weighted by Gasteiger charge is 2.18. The van der Waals surface area contributed by atoms with Crippen LogP contribution >= 0.6 is 0 Å². The van der Waals surface area contributed by atoms with Crippen LogP contribution in [0.1, 0.15) is 72.6 Å². The van der Waals surface area contributed by atoms with Crippen LogP contribution in [-0.2, 0) is 0 Å². The summed E-state index contributed by atoms with van der Waals surface area (Å²) < 4.78 is 0. The van der Waals surface area contributed by atoms with Crippen molar-refractivity contribution in [3.05, 3.63) is 0 Å². The fraction of sp³-hybridized carbons (Fsp3) is 1.00. The van der Waals surface area contributed by atoms with Crippen LogP contribution in [0.25, 0.3) is 0 Å². The fourth-order valence-corrected chi connectivity index (χ4v) is 3.15. The van der Waals surface area contributed by atoms with E-state index < -0.39 is 0 Å². The van der Waals surface area contributed by atoms with E-state index in [9.17, 15) is 0 Å². The van der Waals surface area contributed by atoms with Gasteiger partial charge in [0.1, 0.15) is 0 Å². The van der Waals surface area contributed by atoms with E-state index in [1.165, 1.54) is 58.0 Å². The molecule has 0 saturated heterocycles. The van der Waals surface area contributed by atoms with Gasteiger partial charge in [-0.1, -0.05) is 66.2 Å². The summed E-state index contributed by atoms with van der Waals surface area (Å²) in [6.07, 6.45) is 10.4. The van der Waals surface area contributed by atoms with Gasteiger partial charge in [0.2, 0.25) is 0 Å². The lowest BCUT2D eigenvalue weighted by molar-refractivity contribution is 0.269. The maximum atomic E-state index is 3.65. The summed E-state index contributed by atoms with van der Waals surface area (Å²) in [5.41, 5.74) is 0. The summed E-state index contributed by atoms with van der Waals surface area (Å²) in [5, 5.41) is 3.65. The van der Waals surface area contributed by atoms with Gasteiger partial charge in [0.15, 0.2) is 0 Å². The van der Waals surface area contributed by atoms with Gasteiger partial charge in [-0.15, -0.1) is 0 Å². The molecule has 1 aliphatic carbocycles. The molecule has 18 heavy (non-hydrogen) atoms. The smallest absolute Gasteiger partial charge is 0.00180 e. The standard InChI is InChI=1S/C17H35N/c1-14(2)12-18-13-17(15(3)4)11-10-16-8-6-5-7-9-16/h14-18H,5-13H2,1-4H3. The molecule has 108 valence electrons. The van der Waals surface area contributed by atoms with Gasteiger partial charge in [0.05, 0.1) is 0 Å². The second-order valence-electron chi connectivity index (χ2n) is 7.14. The molecular weight excluding hydrogens is 218 g/mol. The van der Waals surface area contributed by atoms with Gasteiger partial charge in [0, 0.05) is 0 Å². The van der Waals surface area contributed by atoms with Crippen LogP contribution in [0.3, 0.4) is 0 Å². The normalized spacial score (nSPS) is 19.7. The number of hydrogen-bond acceptors (Lipinski definition) is 1. The SMILES string of the molecule is CC(C)CNCC(CCC1CCCCC1)C(C)C. The van der Waals surface area contributed by atoms with E-state index in [1.807, 2.05) is 0 Å². The van der Waals surface area contributed by atoms with Gasteiger partial charge < -0.3 is 5.32 Å². The third-order valence-corrected chi connectivity index (χ3v) is 4.57. The van der Waals surface area contributed by atoms with E-state index in [2.05, 4.69) is 33.0 Å². The summed E-state index contributed by atoms with van der Waals surface area (Å²) in [7, 11) is 0. The zero-order valence-electron chi connectivity index (χ0n) is 13.2. The second kappa shape index (κ2) is 8.96. The Balaban J connectivity index is 2.19. The molecule has 0 aliphatic heterocycles. The van der Waals surface area contributed by atoms with Crippen LogP contribution in [-0.4, -0.2) is 13.1 Å². The van der Waals surface area contributed by atoms with E-state index >= 15 is 0 Å². The molecule has 1 unspecified atom stereocenters. The molecule has 0 spiro atoms. The molecule has 1 nitrogen and oxygen atoms in total. The number of hydrogen-bond donors (Lipinski definition) is 1. The van der Waals surface area contributed by atoms with Crippen LogP contribution in [0.15, 0.2) is 0 Å². The molecule has 0 aromatic carbocycles. The minimum Gasteiger partial charge on any atom is -0.316 e. The van der Waals surface area contributed by atoms with Crippen molar-refractivity contribution in [1.82, 2.24) is 5.32 Å². The largest absolute Gasteiger partial charge is 0.316 e. The maximum Gasteiger partial charge on any atom is -0.00180 e. The highest BCUT2D eigenvalue weighted by atomic mass is 14.9. The molecule has 1 fully saturated rings. The highest BCUT2D eigenvalue weighted by Crippen LogP contribution is 2.29. The van der Waals surface area contributed by atoms with E-state index in [-0.39, 0.29) is 0 Å². The van der Waals surface area contributed by atoms with Crippen molar-refractivity contribution in [2.24, 2.45) is 23.7 Å². The first-order valence-electron chi connectivity index (χ1n) is 8.30. The monoisotopic (exact) mass is 253 g/mol. The molecule has 1 rings (SSSR count). The molecule has 1 aliphatic rings. The minimum absolute atomic E-state index is 0.774. The Morgan fingerprint density at radius 1 is 0.944 bits per heavy atom. The molecule has 1 atom stereocenters. The third kappa shape index (κ3) is 6.78. The Morgan fingerprint density at radius 2 is 1.61 bits per heavy atom. The lowest BCUT2D eigenvalue weighted by Crippen LogP contribution is -2.29. The lowest BCUT2D eigenvalue weighted by atomic mass is 9.82. The summed E-state index contributed by atoms with van der Waals surface area (Å²) >= 11 is 0. The van der Waals surface area contributed by atoms with E-state index in [4.69, 9.17) is 0 Å². The van der Waals surface area contributed by atoms with Crippen molar-refractivity contribution < 1.29 is 0 Å². The molecule has 1 heteroatoms. The van der Waals surface area contributed by atoms with Crippen molar-refractivity contribution in [2.45, 2.75) is 72.6 Å². The van der Waals surface area contributed by atoms with Gasteiger partial charge in [-0.2, -0.15) is 0 Å². The first-order chi connectivity index (χ1) is 8.59. The quantitative estimate of drug-likeness (QED) is 0.651. The molecule has 0 aromatic rings. The summed E-state index contributed by atoms with van der Waals surface area (Å²) in [6.45, 7) is 11.8. The van der Waals surface area contributed by atoms with Crippen molar-refractivity contribution in [3.63, 3.8) is 0 Å². The minimum atomic E-state index is 0.774. The Kier molecular flexibility index (Phi) is 7.97. The van der Waals surface area contributed by atoms with Crippen LogP contribution in [0.5, 0.6) is 0 Å². The molecule has 0 radical (unpaired) electrons. The first-order valence-corrected chi connectivity index (χ1v) is 8.30. The molecule has 0 aromatic heterocycles. The molecule has 1 N–H and O–H groups in total. The summed E-state index contributed by atoms with van der Waals surface area (Å²) in [4.78, 5) is 0. The predicted molar refractivity (Wildman–Crippen MR) is 81.8 cm³/mol. The topological polar surface area (TPSA) is 12.0 Å². The molecule has 0 amide bonds. The van der Waals surface area contributed by atoms with Gasteiger partial charge >= 0.3 is 0 Å². The van der Waals surface area contributed by atoms with Gasteiger partial charge in [-0.25, -0.2) is 0 Å². The highest BCUT2D eigenvalue weighted by molar-refractivity contribution is 4.71. The Labute approximate surface area is 115 Å². The number of rotatable bonds is 8. The number of nitrogens with one attached hydrogen (secondary N) is 1. The Bertz CT molecular complexity index is 192. The van der Waals surface area contributed by atoms with Crippen LogP contribution < -0.4 is 5.32 Å². The molecular formula is C17H35N. The van der Waals surface area contributed by atoms with Gasteiger partial charge in [0.25, 0.3) is 0 Å². The van der Waals surface area contributed by atoms with E-state index in [0.29, 0.717) is 0 Å². The second-order valence-corrected chi connectivity index (χ2v) is 7.14. The first kappa shape index (κ1) is 16.0. The van der Waals surface area contributed by atoms with Gasteiger partial charge in [-0.05, 0) is 43.2 Å². The molecule has 0 heterocycles. The predicted octanol–water partition coefficient (Wildman–Crippen LogP) is 4.86. The van der Waals surface area contributed by atoms with Crippen LogP contribution in [0.4, 0.5) is 0 Å². The zero-order valence-corrected chi connectivity index (χ0v) is 13.2. The van der Waals surface area contributed by atoms with E-state index in [0.717, 1.165) is 23.7 Å². The average molecular weight is 253 g/mol. The maximum absolute atomic E-state index is 3.65. The van der Waals surface area contributed by atoms with Crippen molar-refractivity contribution >= 4 is 0 Å². The summed E-state index contributed by atoms with van der Waals surface area (Å²) in [5.74, 6) is 3.53.